The molecule has 0 aliphatic carbocycles. The molecule has 6 heteroatoms. The van der Waals surface area contributed by atoms with E-state index in [9.17, 15) is 4.79 Å². The van der Waals surface area contributed by atoms with Crippen LogP contribution in [0.15, 0.2) is 54.9 Å². The Bertz CT molecular complexity index is 859. The van der Waals surface area contributed by atoms with Crippen molar-refractivity contribution >= 4 is 5.91 Å². The fraction of sp³-hybridized carbons (Fsp3) is 0.211. The van der Waals surface area contributed by atoms with Crippen molar-refractivity contribution in [2.45, 2.75) is 20.0 Å². The van der Waals surface area contributed by atoms with Crippen molar-refractivity contribution in [1.29, 1.82) is 0 Å². The number of nitrogens with zero attached hydrogens (tertiary/aromatic N) is 3. The Labute approximate surface area is 146 Å². The largest absolute Gasteiger partial charge is 0.496 e. The molecule has 0 aliphatic heterocycles. The predicted octanol–water partition coefficient (Wildman–Crippen LogP) is 2.58. The number of ether oxygens (including phenoxy) is 1. The number of hydrogen-bond acceptors (Lipinski definition) is 4. The molecule has 1 aromatic heterocycles. The zero-order chi connectivity index (χ0) is 17.6. The van der Waals surface area contributed by atoms with E-state index >= 15 is 0 Å². The van der Waals surface area contributed by atoms with Crippen molar-refractivity contribution in [1.82, 2.24) is 20.1 Å². The molecule has 2 aromatic carbocycles. The Balaban J connectivity index is 1.57. The molecule has 6 nitrogen and oxygen atoms in total. The van der Waals surface area contributed by atoms with E-state index < -0.39 is 0 Å². The normalized spacial score (nSPS) is 10.5. The van der Waals surface area contributed by atoms with Crippen LogP contribution in [0.25, 0.3) is 11.4 Å². The Kier molecular flexibility index (Phi) is 5.09. The molecular weight excluding hydrogens is 316 g/mol. The maximum Gasteiger partial charge on any atom is 0.242 e. The number of benzene rings is 2. The summed E-state index contributed by atoms with van der Waals surface area (Å²) in [7, 11) is 1.64. The molecular formula is C19H20N4O2. The Hall–Kier alpha value is -3.15. The van der Waals surface area contributed by atoms with E-state index in [1.807, 2.05) is 55.5 Å². The number of hydrogen-bond donors (Lipinski definition) is 1. The van der Waals surface area contributed by atoms with Crippen molar-refractivity contribution in [3.8, 4) is 17.1 Å². The maximum absolute atomic E-state index is 12.1. The standard InChI is InChI=1S/C19H20N4O2/c1-14-8-9-15(10-17(14)25-2)11-20-18(24)12-23-13-21-19(22-23)16-6-4-3-5-7-16/h3-10,13H,11-12H2,1-2H3,(H,20,24). The van der Waals surface area contributed by atoms with Crippen LogP contribution in [0.2, 0.25) is 0 Å². The molecule has 1 N–H and O–H groups in total. The zero-order valence-electron chi connectivity index (χ0n) is 14.3. The molecule has 25 heavy (non-hydrogen) atoms. The molecule has 3 rings (SSSR count). The average Bonchev–Trinajstić information content (AvgIpc) is 3.10. The first-order valence-electron chi connectivity index (χ1n) is 8.01. The van der Waals surface area contributed by atoms with E-state index in [2.05, 4.69) is 15.4 Å². The lowest BCUT2D eigenvalue weighted by atomic mass is 10.1. The number of carbonyl (C=O) groups is 1. The van der Waals surface area contributed by atoms with E-state index in [1.54, 1.807) is 13.4 Å². The minimum Gasteiger partial charge on any atom is -0.496 e. The van der Waals surface area contributed by atoms with Gasteiger partial charge in [0, 0.05) is 12.1 Å². The molecule has 0 spiro atoms. The molecule has 0 unspecified atom stereocenters. The van der Waals surface area contributed by atoms with Gasteiger partial charge in [-0.2, -0.15) is 5.10 Å². The third kappa shape index (κ3) is 4.23. The van der Waals surface area contributed by atoms with Crippen molar-refractivity contribution in [2.75, 3.05) is 7.11 Å². The van der Waals surface area contributed by atoms with Crippen LogP contribution in [-0.4, -0.2) is 27.8 Å². The molecule has 0 radical (unpaired) electrons. The van der Waals surface area contributed by atoms with Gasteiger partial charge in [0.25, 0.3) is 0 Å². The first kappa shape index (κ1) is 16.7. The van der Waals surface area contributed by atoms with Crippen LogP contribution in [0.1, 0.15) is 11.1 Å². The number of carbonyl (C=O) groups excluding carboxylic acids is 1. The Morgan fingerprint density at radius 3 is 2.76 bits per heavy atom. The van der Waals surface area contributed by atoms with Crippen LogP contribution >= 0.6 is 0 Å². The number of amides is 1. The molecule has 1 amide bonds. The fourth-order valence-corrected chi connectivity index (χ4v) is 2.47. The van der Waals surface area contributed by atoms with Crippen LogP contribution < -0.4 is 10.1 Å². The summed E-state index contributed by atoms with van der Waals surface area (Å²) in [5.41, 5.74) is 2.97. The Morgan fingerprint density at radius 2 is 2.00 bits per heavy atom. The molecule has 128 valence electrons. The third-order valence-corrected chi connectivity index (χ3v) is 3.84. The van der Waals surface area contributed by atoms with Gasteiger partial charge in [-0.25, -0.2) is 9.67 Å². The highest BCUT2D eigenvalue weighted by molar-refractivity contribution is 5.75. The summed E-state index contributed by atoms with van der Waals surface area (Å²) in [5.74, 6) is 1.30. The maximum atomic E-state index is 12.1. The van der Waals surface area contributed by atoms with E-state index in [4.69, 9.17) is 4.74 Å². The van der Waals surface area contributed by atoms with Gasteiger partial charge in [0.05, 0.1) is 7.11 Å². The highest BCUT2D eigenvalue weighted by Crippen LogP contribution is 2.18. The smallest absolute Gasteiger partial charge is 0.242 e. The van der Waals surface area contributed by atoms with E-state index in [-0.39, 0.29) is 12.5 Å². The molecule has 0 saturated carbocycles. The fourth-order valence-electron chi connectivity index (χ4n) is 2.47. The Morgan fingerprint density at radius 1 is 1.20 bits per heavy atom. The minimum atomic E-state index is -0.121. The summed E-state index contributed by atoms with van der Waals surface area (Å²) in [5, 5.41) is 7.22. The number of rotatable bonds is 6. The second kappa shape index (κ2) is 7.61. The molecule has 3 aromatic rings. The van der Waals surface area contributed by atoms with E-state index in [1.165, 1.54) is 4.68 Å². The van der Waals surface area contributed by atoms with Gasteiger partial charge in [0.15, 0.2) is 5.82 Å². The minimum absolute atomic E-state index is 0.121. The van der Waals surface area contributed by atoms with Gasteiger partial charge < -0.3 is 10.1 Å². The topological polar surface area (TPSA) is 69.0 Å². The van der Waals surface area contributed by atoms with Crippen LogP contribution in [0.3, 0.4) is 0 Å². The number of methoxy groups -OCH3 is 1. The van der Waals surface area contributed by atoms with Gasteiger partial charge >= 0.3 is 0 Å². The molecule has 0 aliphatic rings. The summed E-state index contributed by atoms with van der Waals surface area (Å²) in [6.45, 7) is 2.55. The molecule has 0 fully saturated rings. The van der Waals surface area contributed by atoms with Crippen LogP contribution in [0, 0.1) is 6.92 Å². The van der Waals surface area contributed by atoms with Gasteiger partial charge in [-0.1, -0.05) is 42.5 Å². The lowest BCUT2D eigenvalue weighted by molar-refractivity contribution is -0.122. The molecule has 0 saturated heterocycles. The summed E-state index contributed by atoms with van der Waals surface area (Å²) >= 11 is 0. The van der Waals surface area contributed by atoms with Gasteiger partial charge in [-0.15, -0.1) is 0 Å². The average molecular weight is 336 g/mol. The second-order valence-electron chi connectivity index (χ2n) is 5.71. The quantitative estimate of drug-likeness (QED) is 0.751. The zero-order valence-corrected chi connectivity index (χ0v) is 14.3. The lowest BCUT2D eigenvalue weighted by Gasteiger charge is -2.09. The number of nitrogens with one attached hydrogen (secondary N) is 1. The van der Waals surface area contributed by atoms with E-state index in [0.29, 0.717) is 12.4 Å². The van der Waals surface area contributed by atoms with Gasteiger partial charge in [-0.05, 0) is 24.1 Å². The lowest BCUT2D eigenvalue weighted by Crippen LogP contribution is -2.27. The monoisotopic (exact) mass is 336 g/mol. The number of aryl methyl sites for hydroxylation is 1. The predicted molar refractivity (Wildman–Crippen MR) is 95.0 cm³/mol. The number of aromatic nitrogens is 3. The third-order valence-electron chi connectivity index (χ3n) is 3.84. The highest BCUT2D eigenvalue weighted by Gasteiger charge is 2.08. The summed E-state index contributed by atoms with van der Waals surface area (Å²) in [6, 6.07) is 15.5. The highest BCUT2D eigenvalue weighted by atomic mass is 16.5. The SMILES string of the molecule is COc1cc(CNC(=O)Cn2cnc(-c3ccccc3)n2)ccc1C. The van der Waals surface area contributed by atoms with Crippen LogP contribution in [0.4, 0.5) is 0 Å². The van der Waals surface area contributed by atoms with Crippen molar-refractivity contribution in [3.05, 3.63) is 66.0 Å². The van der Waals surface area contributed by atoms with Gasteiger partial charge in [-0.3, -0.25) is 4.79 Å². The van der Waals surface area contributed by atoms with Crippen LogP contribution in [-0.2, 0) is 17.9 Å². The van der Waals surface area contributed by atoms with Gasteiger partial charge in [0.2, 0.25) is 5.91 Å². The summed E-state index contributed by atoms with van der Waals surface area (Å²) in [4.78, 5) is 16.4. The van der Waals surface area contributed by atoms with Crippen molar-refractivity contribution < 1.29 is 9.53 Å². The summed E-state index contributed by atoms with van der Waals surface area (Å²) in [6.07, 6.45) is 1.57. The molecule has 1 heterocycles. The van der Waals surface area contributed by atoms with E-state index in [0.717, 1.165) is 22.4 Å². The first-order valence-corrected chi connectivity index (χ1v) is 8.01. The van der Waals surface area contributed by atoms with Gasteiger partial charge in [0.1, 0.15) is 18.6 Å². The van der Waals surface area contributed by atoms with Crippen molar-refractivity contribution in [3.63, 3.8) is 0 Å². The van der Waals surface area contributed by atoms with Crippen molar-refractivity contribution in [2.24, 2.45) is 0 Å². The first-order chi connectivity index (χ1) is 12.2. The molecule has 0 bridgehead atoms. The van der Waals surface area contributed by atoms with Crippen LogP contribution in [0.5, 0.6) is 5.75 Å². The summed E-state index contributed by atoms with van der Waals surface area (Å²) < 4.78 is 6.83. The second-order valence-corrected chi connectivity index (χ2v) is 5.71. The molecule has 0 atom stereocenters.